The molecule has 2 bridgehead atoms. The SMILES string of the molecule is C=O.COc1ccccc1NC=O.I.O=c1[nH]c2c(s1)CC1C(S2)C2CC[C@H]1C2.[HH].[HH].[HH].c1ccccc1. The van der Waals surface area contributed by atoms with Crippen molar-refractivity contribution in [2.24, 2.45) is 17.8 Å². The fraction of sp³-hybridized carbons (Fsp3) is 0.346. The number of hydrogen-bond acceptors (Lipinski definition) is 6. The van der Waals surface area contributed by atoms with Gasteiger partial charge in [-0.2, -0.15) is 0 Å². The lowest BCUT2D eigenvalue weighted by Crippen LogP contribution is -2.29. The van der Waals surface area contributed by atoms with Crippen LogP contribution in [-0.4, -0.2) is 30.5 Å². The highest BCUT2D eigenvalue weighted by molar-refractivity contribution is 14.0. The second-order valence-corrected chi connectivity index (χ2v) is 10.4. The number of H-pyrrole nitrogens is 1. The van der Waals surface area contributed by atoms with Crippen LogP contribution >= 0.6 is 47.1 Å². The third kappa shape index (κ3) is 7.68. The van der Waals surface area contributed by atoms with E-state index in [-0.39, 0.29) is 33.1 Å². The van der Waals surface area contributed by atoms with Crippen LogP contribution in [-0.2, 0) is 16.0 Å². The van der Waals surface area contributed by atoms with Gasteiger partial charge in [0.15, 0.2) is 0 Å². The zero-order valence-corrected chi connectivity index (χ0v) is 23.5. The van der Waals surface area contributed by atoms with Gasteiger partial charge in [0, 0.05) is 14.4 Å². The minimum absolute atomic E-state index is 0. The van der Waals surface area contributed by atoms with Crippen molar-refractivity contribution in [3.05, 3.63) is 75.2 Å². The summed E-state index contributed by atoms with van der Waals surface area (Å²) in [4.78, 5) is 33.8. The first-order valence-electron chi connectivity index (χ1n) is 11.2. The molecule has 2 N–H and O–H groups in total. The number of para-hydroxylation sites is 2. The lowest BCUT2D eigenvalue weighted by molar-refractivity contribution is -0.105. The summed E-state index contributed by atoms with van der Waals surface area (Å²) in [6.07, 6.45) is 6.14. The number of hydrogen-bond donors (Lipinski definition) is 2. The van der Waals surface area contributed by atoms with Crippen LogP contribution in [0, 0.1) is 17.8 Å². The number of methoxy groups -OCH3 is 1. The van der Waals surface area contributed by atoms with Gasteiger partial charge in [-0.25, -0.2) is 0 Å². The first kappa shape index (κ1) is 29.1. The van der Waals surface area contributed by atoms with E-state index in [2.05, 4.69) is 10.3 Å². The van der Waals surface area contributed by atoms with Gasteiger partial charge in [0.25, 0.3) is 0 Å². The Labute approximate surface area is 235 Å². The first-order valence-corrected chi connectivity index (χ1v) is 12.9. The zero-order valence-electron chi connectivity index (χ0n) is 19.6. The smallest absolute Gasteiger partial charge is 0.305 e. The summed E-state index contributed by atoms with van der Waals surface area (Å²) in [5.74, 6) is 3.46. The Kier molecular flexibility index (Phi) is 12.6. The molecule has 194 valence electrons. The topological polar surface area (TPSA) is 88.3 Å². The van der Waals surface area contributed by atoms with Crippen LogP contribution < -0.4 is 14.9 Å². The molecule has 35 heavy (non-hydrogen) atoms. The number of thioether (sulfide) groups is 1. The zero-order chi connectivity index (χ0) is 24.3. The van der Waals surface area contributed by atoms with Crippen molar-refractivity contribution in [2.45, 2.75) is 36.0 Å². The quantitative estimate of drug-likeness (QED) is 0.250. The molecule has 2 fully saturated rings. The van der Waals surface area contributed by atoms with Crippen molar-refractivity contribution in [1.29, 1.82) is 0 Å². The summed E-state index contributed by atoms with van der Waals surface area (Å²) in [5.41, 5.74) is 0.685. The Hall–Kier alpha value is -2.11. The highest BCUT2D eigenvalue weighted by Gasteiger charge is 2.50. The lowest BCUT2D eigenvalue weighted by Gasteiger charge is -2.33. The molecule has 2 heterocycles. The van der Waals surface area contributed by atoms with Crippen molar-refractivity contribution in [2.75, 3.05) is 12.4 Å². The number of carbonyl (C=O) groups excluding carboxylic acids is 2. The van der Waals surface area contributed by atoms with Gasteiger partial charge in [0.2, 0.25) is 6.41 Å². The molecule has 1 amide bonds. The largest absolute Gasteiger partial charge is 0.495 e. The Morgan fingerprint density at radius 2 is 1.69 bits per heavy atom. The maximum atomic E-state index is 11.3. The van der Waals surface area contributed by atoms with Crippen LogP contribution in [0.1, 0.15) is 28.4 Å². The van der Waals surface area contributed by atoms with E-state index in [1.54, 1.807) is 19.2 Å². The molecule has 4 atom stereocenters. The highest BCUT2D eigenvalue weighted by Crippen LogP contribution is 2.58. The molecule has 0 saturated heterocycles. The number of benzene rings is 2. The number of rotatable bonds is 3. The summed E-state index contributed by atoms with van der Waals surface area (Å²) >= 11 is 3.40. The fourth-order valence-electron chi connectivity index (χ4n) is 4.96. The van der Waals surface area contributed by atoms with Crippen molar-refractivity contribution in [1.82, 2.24) is 4.98 Å². The Bertz CT molecular complexity index is 1040. The molecule has 1 aromatic heterocycles. The number of halogens is 1. The van der Waals surface area contributed by atoms with Gasteiger partial charge in [-0.15, -0.1) is 35.7 Å². The standard InChI is InChI=1S/C11H13NOS2.C8H9NO2.C6H6.CH2O.HI.3H2/c13-11-12-10-8(14-11)4-7-5-1-2-6(3-5)9(7)15-10;1-11-8-5-3-2-4-7(8)9-6-10;1-2-4-6-5-3-1;1-2;;;;/h5-7,9H,1-4H2,(H,12,13);2-6H,1H3,(H,9,10);1-6H;1H2;4*1H/t5-,6?,7?,9?;;;;;;;/m0......./s1. The maximum Gasteiger partial charge on any atom is 0.305 e. The summed E-state index contributed by atoms with van der Waals surface area (Å²) < 4.78 is 4.98. The van der Waals surface area contributed by atoms with E-state index in [1.165, 1.54) is 46.9 Å². The Balaban J connectivity index is 0. The molecule has 0 spiro atoms. The second-order valence-electron chi connectivity index (χ2n) is 8.17. The van der Waals surface area contributed by atoms with E-state index in [0.717, 1.165) is 23.0 Å². The molecule has 3 aromatic rings. The molecular weight excluding hydrogens is 595 g/mol. The molecule has 6 rings (SSSR count). The summed E-state index contributed by atoms with van der Waals surface area (Å²) in [6, 6.07) is 19.2. The number of amides is 1. The van der Waals surface area contributed by atoms with Crippen molar-refractivity contribution < 1.29 is 18.6 Å². The van der Waals surface area contributed by atoms with Gasteiger partial charge in [0.05, 0.1) is 17.8 Å². The van der Waals surface area contributed by atoms with Crippen molar-refractivity contribution >= 4 is 66.0 Å². The molecule has 6 nitrogen and oxygen atoms in total. The number of nitrogens with one attached hydrogen (secondary N) is 2. The minimum Gasteiger partial charge on any atom is -0.495 e. The normalized spacial score (nSPS) is 22.1. The van der Waals surface area contributed by atoms with Crippen molar-refractivity contribution in [3.8, 4) is 5.75 Å². The van der Waals surface area contributed by atoms with Gasteiger partial charge in [0.1, 0.15) is 12.5 Å². The number of aromatic nitrogens is 1. The van der Waals surface area contributed by atoms with E-state index in [1.807, 2.05) is 67.1 Å². The molecular formula is C26H37IN2O4S2. The maximum absolute atomic E-state index is 11.3. The number of thiazole rings is 1. The first-order chi connectivity index (χ1) is 16.7. The van der Waals surface area contributed by atoms with Crippen LogP contribution in [0.3, 0.4) is 0 Å². The Morgan fingerprint density at radius 3 is 2.31 bits per heavy atom. The van der Waals surface area contributed by atoms with Crippen molar-refractivity contribution in [3.63, 3.8) is 0 Å². The summed E-state index contributed by atoms with van der Waals surface area (Å²) in [5, 5.41) is 4.54. The highest BCUT2D eigenvalue weighted by atomic mass is 127. The number of ether oxygens (including phenoxy) is 1. The van der Waals surface area contributed by atoms with Crippen LogP contribution in [0.5, 0.6) is 5.75 Å². The van der Waals surface area contributed by atoms with E-state index in [9.17, 15) is 9.59 Å². The van der Waals surface area contributed by atoms with Crippen LogP contribution in [0.4, 0.5) is 5.69 Å². The van der Waals surface area contributed by atoms with E-state index in [0.29, 0.717) is 17.8 Å². The van der Waals surface area contributed by atoms with Gasteiger partial charge in [-0.05, 0) is 55.6 Å². The monoisotopic (exact) mass is 632 g/mol. The predicted molar refractivity (Wildman–Crippen MR) is 161 cm³/mol. The Morgan fingerprint density at radius 1 is 1.06 bits per heavy atom. The summed E-state index contributed by atoms with van der Waals surface area (Å²) in [6.45, 7) is 2.00. The molecule has 2 aromatic carbocycles. The third-order valence-corrected chi connectivity index (χ3v) is 8.98. The third-order valence-electron chi connectivity index (χ3n) is 6.35. The molecule has 3 aliphatic rings. The van der Waals surface area contributed by atoms with Gasteiger partial charge >= 0.3 is 4.87 Å². The molecule has 3 unspecified atom stereocenters. The number of fused-ring (bicyclic) bond motifs is 6. The molecule has 0 radical (unpaired) electrons. The average Bonchev–Trinajstić information content (AvgIpc) is 3.60. The molecule has 2 saturated carbocycles. The second kappa shape index (κ2) is 15.1. The van der Waals surface area contributed by atoms with Gasteiger partial charge in [-0.1, -0.05) is 59.9 Å². The minimum atomic E-state index is 0. The van der Waals surface area contributed by atoms with Crippen LogP contribution in [0.2, 0.25) is 0 Å². The van der Waals surface area contributed by atoms with Gasteiger partial charge < -0.3 is 19.8 Å². The average molecular weight is 633 g/mol. The van der Waals surface area contributed by atoms with Crippen LogP contribution in [0.25, 0.3) is 0 Å². The number of anilines is 1. The molecule has 1 aliphatic heterocycles. The number of carbonyl (C=O) groups is 2. The number of aromatic amines is 1. The van der Waals surface area contributed by atoms with E-state index in [4.69, 9.17) is 9.53 Å². The summed E-state index contributed by atoms with van der Waals surface area (Å²) in [7, 11) is 1.56. The lowest BCUT2D eigenvalue weighted by atomic mass is 9.85. The van der Waals surface area contributed by atoms with E-state index < -0.39 is 0 Å². The van der Waals surface area contributed by atoms with Gasteiger partial charge in [-0.3, -0.25) is 9.59 Å². The molecule has 2 aliphatic carbocycles. The van der Waals surface area contributed by atoms with Crippen LogP contribution in [0.15, 0.2) is 70.5 Å². The van der Waals surface area contributed by atoms with E-state index >= 15 is 0 Å². The fourth-order valence-corrected chi connectivity index (χ4v) is 7.66. The predicted octanol–water partition coefficient (Wildman–Crippen LogP) is 6.62. The molecule has 9 heteroatoms.